The number of carbonyl (C=O) groups is 1. The van der Waals surface area contributed by atoms with Crippen molar-refractivity contribution < 1.29 is 17.9 Å². The topological polar surface area (TPSA) is 84.5 Å². The van der Waals surface area contributed by atoms with Crippen LogP contribution in [-0.4, -0.2) is 21.4 Å². The monoisotopic (exact) mass is 442 g/mol. The summed E-state index contributed by atoms with van der Waals surface area (Å²) in [5, 5.41) is 3.30. The Labute approximate surface area is 180 Å². The minimum absolute atomic E-state index is 0.0695. The summed E-state index contributed by atoms with van der Waals surface area (Å²) in [5.74, 6) is 0.204. The standard InChI is InChI=1S/C22H19ClN2O4S/c1-29-20-4-2-3-19(15-20)25-30(27,28)21-12-10-18(11-13-21)24-22(26)14-7-16-5-8-17(23)9-6-16/h2-15,25H,1H3,(H,24,26)/b14-7+. The summed E-state index contributed by atoms with van der Waals surface area (Å²) in [6.07, 6.45) is 3.04. The van der Waals surface area contributed by atoms with Gasteiger partial charge >= 0.3 is 0 Å². The fourth-order valence-electron chi connectivity index (χ4n) is 2.55. The quantitative estimate of drug-likeness (QED) is 0.514. The van der Waals surface area contributed by atoms with Crippen molar-refractivity contribution >= 4 is 45.0 Å². The highest BCUT2D eigenvalue weighted by atomic mass is 35.5. The normalized spacial score (nSPS) is 11.3. The van der Waals surface area contributed by atoms with Crippen LogP contribution in [0.4, 0.5) is 11.4 Å². The number of anilines is 2. The molecule has 3 rings (SSSR count). The molecule has 30 heavy (non-hydrogen) atoms. The molecule has 3 aromatic rings. The van der Waals surface area contributed by atoms with E-state index in [0.717, 1.165) is 5.56 Å². The minimum atomic E-state index is -3.78. The lowest BCUT2D eigenvalue weighted by atomic mass is 10.2. The van der Waals surface area contributed by atoms with Gasteiger partial charge in [-0.15, -0.1) is 0 Å². The Balaban J connectivity index is 1.64. The Morgan fingerprint density at radius 1 is 0.967 bits per heavy atom. The minimum Gasteiger partial charge on any atom is -0.497 e. The third-order valence-corrected chi connectivity index (χ3v) is 5.70. The van der Waals surface area contributed by atoms with Gasteiger partial charge < -0.3 is 10.1 Å². The SMILES string of the molecule is COc1cccc(NS(=O)(=O)c2ccc(NC(=O)/C=C/c3ccc(Cl)cc3)cc2)c1. The van der Waals surface area contributed by atoms with E-state index in [1.165, 1.54) is 37.5 Å². The van der Waals surface area contributed by atoms with Gasteiger partial charge in [0.15, 0.2) is 0 Å². The van der Waals surface area contributed by atoms with E-state index in [9.17, 15) is 13.2 Å². The Kier molecular flexibility index (Phi) is 6.76. The third kappa shape index (κ3) is 5.85. The van der Waals surface area contributed by atoms with Crippen LogP contribution in [0.5, 0.6) is 5.75 Å². The largest absolute Gasteiger partial charge is 0.497 e. The van der Waals surface area contributed by atoms with E-state index in [-0.39, 0.29) is 10.8 Å². The van der Waals surface area contributed by atoms with Crippen molar-refractivity contribution in [2.75, 3.05) is 17.1 Å². The lowest BCUT2D eigenvalue weighted by Crippen LogP contribution is -2.13. The molecule has 0 spiro atoms. The number of carbonyl (C=O) groups excluding carboxylic acids is 1. The molecule has 0 atom stereocenters. The first kappa shape index (κ1) is 21.4. The third-order valence-electron chi connectivity index (χ3n) is 4.05. The summed E-state index contributed by atoms with van der Waals surface area (Å²) in [6.45, 7) is 0. The smallest absolute Gasteiger partial charge is 0.261 e. The molecule has 0 unspecified atom stereocenters. The second-order valence-electron chi connectivity index (χ2n) is 6.24. The molecule has 0 aromatic heterocycles. The van der Waals surface area contributed by atoms with E-state index < -0.39 is 10.0 Å². The maximum absolute atomic E-state index is 12.6. The summed E-state index contributed by atoms with van der Waals surface area (Å²) >= 11 is 5.83. The van der Waals surface area contributed by atoms with Gasteiger partial charge in [-0.25, -0.2) is 8.42 Å². The van der Waals surface area contributed by atoms with Gasteiger partial charge in [0.25, 0.3) is 10.0 Å². The van der Waals surface area contributed by atoms with E-state index in [1.54, 1.807) is 54.6 Å². The number of nitrogens with one attached hydrogen (secondary N) is 2. The lowest BCUT2D eigenvalue weighted by Gasteiger charge is -2.10. The molecule has 1 amide bonds. The highest BCUT2D eigenvalue weighted by Crippen LogP contribution is 2.21. The van der Waals surface area contributed by atoms with Crippen LogP contribution in [0.2, 0.25) is 5.02 Å². The molecule has 0 saturated carbocycles. The van der Waals surface area contributed by atoms with Gasteiger partial charge in [-0.3, -0.25) is 9.52 Å². The van der Waals surface area contributed by atoms with Crippen LogP contribution in [0.15, 0.2) is 83.8 Å². The number of hydrogen-bond donors (Lipinski definition) is 2. The van der Waals surface area contributed by atoms with Crippen molar-refractivity contribution in [2.45, 2.75) is 4.90 Å². The fourth-order valence-corrected chi connectivity index (χ4v) is 3.72. The Morgan fingerprint density at radius 3 is 2.33 bits per heavy atom. The van der Waals surface area contributed by atoms with Crippen LogP contribution >= 0.6 is 11.6 Å². The number of methoxy groups -OCH3 is 1. The Hall–Kier alpha value is -3.29. The van der Waals surface area contributed by atoms with Gasteiger partial charge in [0, 0.05) is 22.9 Å². The molecule has 154 valence electrons. The van der Waals surface area contributed by atoms with Crippen LogP contribution in [-0.2, 0) is 14.8 Å². The van der Waals surface area contributed by atoms with Crippen molar-refractivity contribution in [3.8, 4) is 5.75 Å². The maximum atomic E-state index is 12.6. The maximum Gasteiger partial charge on any atom is 0.261 e. The molecule has 0 bridgehead atoms. The van der Waals surface area contributed by atoms with E-state index >= 15 is 0 Å². The molecule has 8 heteroatoms. The summed E-state index contributed by atoms with van der Waals surface area (Å²) in [6, 6.07) is 19.5. The fraction of sp³-hybridized carbons (Fsp3) is 0.0455. The molecular weight excluding hydrogens is 424 g/mol. The Bertz CT molecular complexity index is 1160. The summed E-state index contributed by atoms with van der Waals surface area (Å²) in [4.78, 5) is 12.1. The van der Waals surface area contributed by atoms with Gasteiger partial charge in [-0.05, 0) is 60.2 Å². The van der Waals surface area contributed by atoms with Gasteiger partial charge in [-0.1, -0.05) is 29.8 Å². The molecule has 6 nitrogen and oxygen atoms in total. The predicted octanol–water partition coefficient (Wildman–Crippen LogP) is 4.80. The molecule has 0 aliphatic rings. The molecule has 0 aliphatic carbocycles. The number of hydrogen-bond acceptors (Lipinski definition) is 4. The van der Waals surface area contributed by atoms with E-state index in [0.29, 0.717) is 22.1 Å². The number of benzene rings is 3. The predicted molar refractivity (Wildman–Crippen MR) is 119 cm³/mol. The molecule has 0 fully saturated rings. The number of sulfonamides is 1. The number of rotatable bonds is 7. The first-order chi connectivity index (χ1) is 14.4. The number of ether oxygens (including phenoxy) is 1. The molecule has 0 saturated heterocycles. The molecule has 3 aromatic carbocycles. The average molecular weight is 443 g/mol. The molecular formula is C22H19ClN2O4S. The lowest BCUT2D eigenvalue weighted by molar-refractivity contribution is -0.111. The van der Waals surface area contributed by atoms with Crippen LogP contribution in [0.25, 0.3) is 6.08 Å². The summed E-state index contributed by atoms with van der Waals surface area (Å²) in [5.41, 5.74) is 1.69. The van der Waals surface area contributed by atoms with Crippen molar-refractivity contribution in [3.63, 3.8) is 0 Å². The van der Waals surface area contributed by atoms with Gasteiger partial charge in [0.1, 0.15) is 5.75 Å². The zero-order valence-electron chi connectivity index (χ0n) is 16.0. The van der Waals surface area contributed by atoms with Crippen molar-refractivity contribution in [1.82, 2.24) is 0 Å². The van der Waals surface area contributed by atoms with Crippen LogP contribution < -0.4 is 14.8 Å². The first-order valence-electron chi connectivity index (χ1n) is 8.87. The van der Waals surface area contributed by atoms with Crippen molar-refractivity contribution in [3.05, 3.63) is 89.5 Å². The van der Waals surface area contributed by atoms with Crippen LogP contribution in [0.3, 0.4) is 0 Å². The summed E-state index contributed by atoms with van der Waals surface area (Å²) in [7, 11) is -2.27. The van der Waals surface area contributed by atoms with Gasteiger partial charge in [-0.2, -0.15) is 0 Å². The number of halogens is 1. The second kappa shape index (κ2) is 9.47. The molecule has 0 heterocycles. The van der Waals surface area contributed by atoms with E-state index in [1.807, 2.05) is 0 Å². The molecule has 0 aliphatic heterocycles. The van der Waals surface area contributed by atoms with Crippen LogP contribution in [0.1, 0.15) is 5.56 Å². The average Bonchev–Trinajstić information content (AvgIpc) is 2.73. The first-order valence-corrected chi connectivity index (χ1v) is 10.7. The van der Waals surface area contributed by atoms with Gasteiger partial charge in [0.05, 0.1) is 17.7 Å². The summed E-state index contributed by atoms with van der Waals surface area (Å²) < 4.78 is 32.7. The van der Waals surface area contributed by atoms with Crippen molar-refractivity contribution in [1.29, 1.82) is 0 Å². The number of amides is 1. The highest BCUT2D eigenvalue weighted by molar-refractivity contribution is 7.92. The van der Waals surface area contributed by atoms with E-state index in [4.69, 9.17) is 16.3 Å². The highest BCUT2D eigenvalue weighted by Gasteiger charge is 2.14. The zero-order chi connectivity index (χ0) is 21.6. The van der Waals surface area contributed by atoms with Crippen LogP contribution in [0, 0.1) is 0 Å². The zero-order valence-corrected chi connectivity index (χ0v) is 17.6. The van der Waals surface area contributed by atoms with E-state index in [2.05, 4.69) is 10.0 Å². The van der Waals surface area contributed by atoms with Gasteiger partial charge in [0.2, 0.25) is 5.91 Å². The second-order valence-corrected chi connectivity index (χ2v) is 8.35. The molecule has 2 N–H and O–H groups in total. The van der Waals surface area contributed by atoms with Crippen molar-refractivity contribution in [2.24, 2.45) is 0 Å². The Morgan fingerprint density at radius 2 is 1.67 bits per heavy atom. The molecule has 0 radical (unpaired) electrons.